The van der Waals surface area contributed by atoms with Crippen molar-refractivity contribution in [2.75, 3.05) is 32.1 Å². The number of esters is 1. The van der Waals surface area contributed by atoms with Crippen molar-refractivity contribution in [2.24, 2.45) is 0 Å². The van der Waals surface area contributed by atoms with E-state index >= 15 is 0 Å². The lowest BCUT2D eigenvalue weighted by Crippen LogP contribution is -2.37. The van der Waals surface area contributed by atoms with E-state index in [0.717, 1.165) is 5.69 Å². The number of hydrogen-bond acceptors (Lipinski definition) is 6. The van der Waals surface area contributed by atoms with Crippen molar-refractivity contribution in [2.45, 2.75) is 6.10 Å². The van der Waals surface area contributed by atoms with Gasteiger partial charge in [0.25, 0.3) is 5.91 Å². The zero-order chi connectivity index (χ0) is 14.5. The number of amides is 1. The number of benzene rings is 1. The van der Waals surface area contributed by atoms with E-state index in [1.54, 1.807) is 12.1 Å². The van der Waals surface area contributed by atoms with Gasteiger partial charge in [0.2, 0.25) is 0 Å². The largest absolute Gasteiger partial charge is 0.489 e. The number of carbonyl (C=O) groups is 2. The van der Waals surface area contributed by atoms with E-state index < -0.39 is 18.0 Å². The van der Waals surface area contributed by atoms with Gasteiger partial charge in [-0.05, 0) is 12.1 Å². The molecule has 20 heavy (non-hydrogen) atoms. The molecule has 0 spiro atoms. The van der Waals surface area contributed by atoms with Gasteiger partial charge >= 0.3 is 5.97 Å². The van der Waals surface area contributed by atoms with Crippen LogP contribution in [0.25, 0.3) is 0 Å². The Labute approximate surface area is 115 Å². The summed E-state index contributed by atoms with van der Waals surface area (Å²) in [6.07, 6.45) is -1.39. The minimum atomic E-state index is -1.39. The number of carbonyl (C=O) groups excluding carboxylic acids is 2. The third kappa shape index (κ3) is 3.00. The summed E-state index contributed by atoms with van der Waals surface area (Å²) >= 11 is 0. The number of aliphatic hydroxyl groups is 1. The van der Waals surface area contributed by atoms with Crippen LogP contribution in [-0.2, 0) is 9.53 Å². The van der Waals surface area contributed by atoms with Crippen LogP contribution in [0, 0.1) is 0 Å². The molecule has 0 aromatic heterocycles. The van der Waals surface area contributed by atoms with E-state index in [9.17, 15) is 14.7 Å². The molecule has 1 aromatic rings. The molecule has 2 rings (SSSR count). The Bertz CT molecular complexity index is 517. The van der Waals surface area contributed by atoms with Gasteiger partial charge in [-0.15, -0.1) is 0 Å². The smallest absolute Gasteiger partial charge is 0.336 e. The maximum atomic E-state index is 12.0. The second-order valence-corrected chi connectivity index (χ2v) is 4.21. The van der Waals surface area contributed by atoms with E-state index in [4.69, 9.17) is 4.74 Å². The van der Waals surface area contributed by atoms with Crippen LogP contribution < -0.4 is 15.4 Å². The number of fused-ring (bicyclic) bond motifs is 1. The zero-order valence-corrected chi connectivity index (χ0v) is 11.0. The maximum Gasteiger partial charge on any atom is 0.336 e. The quantitative estimate of drug-likeness (QED) is 0.658. The number of anilines is 1. The second kappa shape index (κ2) is 6.25. The molecule has 1 aliphatic heterocycles. The maximum absolute atomic E-state index is 12.0. The number of rotatable bonds is 4. The highest BCUT2D eigenvalue weighted by atomic mass is 16.5. The fourth-order valence-corrected chi connectivity index (χ4v) is 1.85. The van der Waals surface area contributed by atoms with Crippen LogP contribution in [0.3, 0.4) is 0 Å². The van der Waals surface area contributed by atoms with Crippen molar-refractivity contribution in [3.05, 3.63) is 23.8 Å². The molecular weight excluding hydrogens is 264 g/mol. The summed E-state index contributed by atoms with van der Waals surface area (Å²) in [7, 11) is 1.17. The standard InChI is InChI=1S/C13H16N2O5/c1-19-13(18)10(16)7-15-12(17)8-3-2-4-9-11(8)20-6-5-14-9/h2-4,10,14,16H,5-7H2,1H3,(H,15,17). The second-order valence-electron chi connectivity index (χ2n) is 4.21. The van der Waals surface area contributed by atoms with Crippen LogP contribution in [0.5, 0.6) is 5.75 Å². The minimum Gasteiger partial charge on any atom is -0.489 e. The van der Waals surface area contributed by atoms with Gasteiger partial charge in [0, 0.05) is 6.54 Å². The fourth-order valence-electron chi connectivity index (χ4n) is 1.85. The normalized spacial score (nSPS) is 14.3. The molecule has 1 atom stereocenters. The van der Waals surface area contributed by atoms with E-state index in [1.165, 1.54) is 7.11 Å². The van der Waals surface area contributed by atoms with Crippen LogP contribution in [0.2, 0.25) is 0 Å². The Morgan fingerprint density at radius 1 is 1.55 bits per heavy atom. The number of ether oxygens (including phenoxy) is 2. The van der Waals surface area contributed by atoms with Gasteiger partial charge in [0.1, 0.15) is 6.61 Å². The van der Waals surface area contributed by atoms with E-state index in [-0.39, 0.29) is 6.54 Å². The molecular formula is C13H16N2O5. The first-order valence-electron chi connectivity index (χ1n) is 6.17. The highest BCUT2D eigenvalue weighted by molar-refractivity contribution is 5.99. The number of nitrogens with one attached hydrogen (secondary N) is 2. The lowest BCUT2D eigenvalue weighted by atomic mass is 10.1. The molecule has 7 nitrogen and oxygen atoms in total. The van der Waals surface area contributed by atoms with Crippen LogP contribution in [-0.4, -0.2) is 49.9 Å². The summed E-state index contributed by atoms with van der Waals surface area (Å²) in [6, 6.07) is 5.16. The molecule has 0 saturated carbocycles. The molecule has 0 bridgehead atoms. The molecule has 0 aliphatic carbocycles. The van der Waals surface area contributed by atoms with Crippen molar-refractivity contribution in [1.82, 2.24) is 5.32 Å². The minimum absolute atomic E-state index is 0.220. The average Bonchev–Trinajstić information content (AvgIpc) is 2.50. The highest BCUT2D eigenvalue weighted by Gasteiger charge is 2.21. The van der Waals surface area contributed by atoms with Crippen LogP contribution in [0.1, 0.15) is 10.4 Å². The monoisotopic (exact) mass is 280 g/mol. The third-order valence-corrected chi connectivity index (χ3v) is 2.85. The lowest BCUT2D eigenvalue weighted by molar-refractivity contribution is -0.149. The zero-order valence-electron chi connectivity index (χ0n) is 11.0. The Morgan fingerprint density at radius 3 is 3.10 bits per heavy atom. The Morgan fingerprint density at radius 2 is 2.35 bits per heavy atom. The molecule has 0 fully saturated rings. The number of hydrogen-bond donors (Lipinski definition) is 3. The lowest BCUT2D eigenvalue weighted by Gasteiger charge is -2.21. The predicted octanol–water partition coefficient (Wildman–Crippen LogP) is -0.245. The SMILES string of the molecule is COC(=O)C(O)CNC(=O)c1cccc2c1OCCN2. The molecule has 1 amide bonds. The van der Waals surface area contributed by atoms with Crippen LogP contribution in [0.15, 0.2) is 18.2 Å². The Hall–Kier alpha value is -2.28. The van der Waals surface area contributed by atoms with Gasteiger partial charge in [-0.25, -0.2) is 4.79 Å². The molecule has 0 saturated heterocycles. The van der Waals surface area contributed by atoms with Gasteiger partial charge in [-0.2, -0.15) is 0 Å². The van der Waals surface area contributed by atoms with Crippen molar-refractivity contribution < 1.29 is 24.2 Å². The third-order valence-electron chi connectivity index (χ3n) is 2.85. The highest BCUT2D eigenvalue weighted by Crippen LogP contribution is 2.30. The molecule has 7 heteroatoms. The summed E-state index contributed by atoms with van der Waals surface area (Å²) in [6.45, 7) is 0.934. The van der Waals surface area contributed by atoms with Crippen molar-refractivity contribution >= 4 is 17.6 Å². The van der Waals surface area contributed by atoms with Gasteiger partial charge in [-0.3, -0.25) is 4.79 Å². The average molecular weight is 280 g/mol. The molecule has 0 radical (unpaired) electrons. The summed E-state index contributed by atoms with van der Waals surface area (Å²) in [5.74, 6) is -0.740. The van der Waals surface area contributed by atoms with E-state index in [0.29, 0.717) is 24.5 Å². The number of aliphatic hydroxyl groups excluding tert-OH is 1. The van der Waals surface area contributed by atoms with Gasteiger partial charge in [-0.1, -0.05) is 6.07 Å². The fraction of sp³-hybridized carbons (Fsp3) is 0.385. The number of methoxy groups -OCH3 is 1. The van der Waals surface area contributed by atoms with Crippen LogP contribution >= 0.6 is 0 Å². The molecule has 108 valence electrons. The summed E-state index contributed by atoms with van der Waals surface area (Å²) in [4.78, 5) is 23.1. The Kier molecular flexibility index (Phi) is 4.41. The molecule has 1 aromatic carbocycles. The van der Waals surface area contributed by atoms with E-state index in [2.05, 4.69) is 15.4 Å². The molecule has 1 unspecified atom stereocenters. The van der Waals surface area contributed by atoms with Crippen molar-refractivity contribution in [3.63, 3.8) is 0 Å². The van der Waals surface area contributed by atoms with Gasteiger partial charge in [0.15, 0.2) is 11.9 Å². The van der Waals surface area contributed by atoms with Gasteiger partial charge < -0.3 is 25.2 Å². The molecule has 3 N–H and O–H groups in total. The topological polar surface area (TPSA) is 96.9 Å². The first-order chi connectivity index (χ1) is 9.63. The molecule has 1 aliphatic rings. The molecule has 1 heterocycles. The van der Waals surface area contributed by atoms with Gasteiger partial charge in [0.05, 0.1) is 24.9 Å². The van der Waals surface area contributed by atoms with Crippen LogP contribution in [0.4, 0.5) is 5.69 Å². The summed E-state index contributed by atoms with van der Waals surface area (Å²) in [5.41, 5.74) is 1.10. The van der Waals surface area contributed by atoms with Crippen molar-refractivity contribution in [1.29, 1.82) is 0 Å². The first kappa shape index (κ1) is 14.1. The number of para-hydroxylation sites is 1. The van der Waals surface area contributed by atoms with E-state index in [1.807, 2.05) is 6.07 Å². The summed E-state index contributed by atoms with van der Waals surface area (Å²) < 4.78 is 9.84. The first-order valence-corrected chi connectivity index (χ1v) is 6.17. The predicted molar refractivity (Wildman–Crippen MR) is 70.8 cm³/mol. The summed E-state index contributed by atoms with van der Waals surface area (Å²) in [5, 5.41) is 15.0. The Balaban J connectivity index is 2.05. The van der Waals surface area contributed by atoms with Crippen molar-refractivity contribution in [3.8, 4) is 5.75 Å².